The maximum Gasteiger partial charge on any atom is 0.157 e. The third kappa shape index (κ3) is 3.21. The van der Waals surface area contributed by atoms with E-state index in [1.54, 1.807) is 13.8 Å². The smallest absolute Gasteiger partial charge is 0.157 e. The number of rotatable bonds is 4. The quantitative estimate of drug-likeness (QED) is 0.781. The number of hydrogen-bond acceptors (Lipinski definition) is 5. The molecular weight excluding hydrogens is 228 g/mol. The first kappa shape index (κ1) is 13.0. The Kier molecular flexibility index (Phi) is 3.93. The third-order valence-corrected chi connectivity index (χ3v) is 2.37. The lowest BCUT2D eigenvalue weighted by molar-refractivity contribution is 0.0874. The van der Waals surface area contributed by atoms with Gasteiger partial charge < -0.3 is 15.7 Å². The molecule has 0 radical (unpaired) electrons. The van der Waals surface area contributed by atoms with Gasteiger partial charge in [0.2, 0.25) is 0 Å². The summed E-state index contributed by atoms with van der Waals surface area (Å²) in [4.78, 5) is 9.75. The number of hydrogen-bond donors (Lipinski definition) is 2. The zero-order valence-electron chi connectivity index (χ0n) is 9.74. The van der Waals surface area contributed by atoms with Crippen molar-refractivity contribution in [3.8, 4) is 0 Å². The summed E-state index contributed by atoms with van der Waals surface area (Å²) in [7, 11) is 0. The van der Waals surface area contributed by atoms with Gasteiger partial charge in [-0.3, -0.25) is 0 Å². The molecule has 0 fully saturated rings. The van der Waals surface area contributed by atoms with Crippen molar-refractivity contribution in [2.75, 3.05) is 23.7 Å². The maximum absolute atomic E-state index is 9.78. The predicted octanol–water partition coefficient (Wildman–Crippen LogP) is 1.31. The van der Waals surface area contributed by atoms with Crippen LogP contribution < -0.4 is 10.6 Å². The SMILES string of the molecule is CCN(CC(C)(C)O)c1ncnc(Cl)c1N. The molecule has 0 unspecified atom stereocenters. The molecule has 6 heteroatoms. The minimum Gasteiger partial charge on any atom is -0.393 e. The summed E-state index contributed by atoms with van der Waals surface area (Å²) in [5.41, 5.74) is 5.32. The number of nitrogen functional groups attached to an aromatic ring is 1. The summed E-state index contributed by atoms with van der Waals surface area (Å²) < 4.78 is 0. The fourth-order valence-electron chi connectivity index (χ4n) is 1.42. The molecule has 5 nitrogen and oxygen atoms in total. The van der Waals surface area contributed by atoms with E-state index in [9.17, 15) is 5.11 Å². The lowest BCUT2D eigenvalue weighted by Crippen LogP contribution is -2.39. The van der Waals surface area contributed by atoms with Gasteiger partial charge in [0.1, 0.15) is 12.0 Å². The molecule has 0 aromatic carbocycles. The van der Waals surface area contributed by atoms with Crippen molar-refractivity contribution in [3.63, 3.8) is 0 Å². The van der Waals surface area contributed by atoms with Gasteiger partial charge >= 0.3 is 0 Å². The molecule has 16 heavy (non-hydrogen) atoms. The second-order valence-electron chi connectivity index (χ2n) is 4.23. The minimum atomic E-state index is -0.820. The average molecular weight is 245 g/mol. The second kappa shape index (κ2) is 4.84. The molecule has 0 aliphatic heterocycles. The van der Waals surface area contributed by atoms with Crippen molar-refractivity contribution in [2.45, 2.75) is 26.4 Å². The molecule has 0 aliphatic carbocycles. The van der Waals surface area contributed by atoms with Crippen molar-refractivity contribution in [1.29, 1.82) is 0 Å². The molecule has 0 amide bonds. The molecular formula is C10H17ClN4O. The Morgan fingerprint density at radius 3 is 2.62 bits per heavy atom. The van der Waals surface area contributed by atoms with Crippen molar-refractivity contribution in [1.82, 2.24) is 9.97 Å². The highest BCUT2D eigenvalue weighted by Gasteiger charge is 2.20. The molecule has 0 saturated heterocycles. The summed E-state index contributed by atoms with van der Waals surface area (Å²) in [6.45, 7) is 6.53. The highest BCUT2D eigenvalue weighted by molar-refractivity contribution is 6.32. The van der Waals surface area contributed by atoms with Crippen molar-refractivity contribution in [2.24, 2.45) is 0 Å². The van der Waals surface area contributed by atoms with E-state index in [1.165, 1.54) is 6.33 Å². The molecule has 1 aromatic rings. The number of nitrogens with zero attached hydrogens (tertiary/aromatic N) is 3. The van der Waals surface area contributed by atoms with E-state index in [0.29, 0.717) is 24.6 Å². The summed E-state index contributed by atoms with van der Waals surface area (Å²) >= 11 is 5.82. The Morgan fingerprint density at radius 1 is 1.50 bits per heavy atom. The third-order valence-electron chi connectivity index (χ3n) is 2.07. The van der Waals surface area contributed by atoms with Crippen LogP contribution in [0.25, 0.3) is 0 Å². The van der Waals surface area contributed by atoms with E-state index in [-0.39, 0.29) is 5.15 Å². The van der Waals surface area contributed by atoms with Crippen molar-refractivity contribution in [3.05, 3.63) is 11.5 Å². The fraction of sp³-hybridized carbons (Fsp3) is 0.600. The molecule has 3 N–H and O–H groups in total. The lowest BCUT2D eigenvalue weighted by atomic mass is 10.1. The number of halogens is 1. The van der Waals surface area contributed by atoms with E-state index >= 15 is 0 Å². The van der Waals surface area contributed by atoms with Gasteiger partial charge in [0, 0.05) is 13.1 Å². The van der Waals surface area contributed by atoms with Crippen molar-refractivity contribution >= 4 is 23.1 Å². The van der Waals surface area contributed by atoms with Gasteiger partial charge in [-0.05, 0) is 20.8 Å². The van der Waals surface area contributed by atoms with Crippen LogP contribution in [0.3, 0.4) is 0 Å². The van der Waals surface area contributed by atoms with E-state index in [4.69, 9.17) is 17.3 Å². The van der Waals surface area contributed by atoms with E-state index < -0.39 is 5.60 Å². The number of aromatic nitrogens is 2. The van der Waals surface area contributed by atoms with Gasteiger partial charge in [-0.2, -0.15) is 0 Å². The van der Waals surface area contributed by atoms with Crippen LogP contribution in [0.1, 0.15) is 20.8 Å². The summed E-state index contributed by atoms with van der Waals surface area (Å²) in [5, 5.41) is 10.0. The van der Waals surface area contributed by atoms with Gasteiger partial charge in [-0.15, -0.1) is 0 Å². The monoisotopic (exact) mass is 244 g/mol. The van der Waals surface area contributed by atoms with E-state index in [1.807, 2.05) is 11.8 Å². The average Bonchev–Trinajstić information content (AvgIpc) is 2.18. The van der Waals surface area contributed by atoms with Crippen LogP contribution in [0, 0.1) is 0 Å². The molecule has 0 spiro atoms. The number of likely N-dealkylation sites (N-methyl/N-ethyl adjacent to an activating group) is 1. The molecule has 1 rings (SSSR count). The second-order valence-corrected chi connectivity index (χ2v) is 4.59. The first-order chi connectivity index (χ1) is 7.35. The first-order valence-electron chi connectivity index (χ1n) is 5.08. The summed E-state index contributed by atoms with van der Waals surface area (Å²) in [6, 6.07) is 0. The highest BCUT2D eigenvalue weighted by atomic mass is 35.5. The van der Waals surface area contributed by atoms with Gasteiger partial charge in [0.15, 0.2) is 11.0 Å². The predicted molar refractivity (Wildman–Crippen MR) is 65.6 cm³/mol. The largest absolute Gasteiger partial charge is 0.393 e. The normalized spacial score (nSPS) is 11.6. The number of aliphatic hydroxyl groups is 1. The Bertz CT molecular complexity index is 364. The molecule has 0 saturated carbocycles. The van der Waals surface area contributed by atoms with Crippen LogP contribution in [0.2, 0.25) is 5.15 Å². The lowest BCUT2D eigenvalue weighted by Gasteiger charge is -2.29. The van der Waals surface area contributed by atoms with E-state index in [2.05, 4.69) is 9.97 Å². The minimum absolute atomic E-state index is 0.235. The topological polar surface area (TPSA) is 75.3 Å². The molecule has 0 bridgehead atoms. The number of anilines is 2. The van der Waals surface area contributed by atoms with Gasteiger partial charge in [0.25, 0.3) is 0 Å². The van der Waals surface area contributed by atoms with Crippen molar-refractivity contribution < 1.29 is 5.11 Å². The Hall–Kier alpha value is -1.07. The van der Waals surface area contributed by atoms with Crippen LogP contribution in [-0.4, -0.2) is 33.8 Å². The Balaban J connectivity index is 3.00. The van der Waals surface area contributed by atoms with Gasteiger partial charge in [-0.25, -0.2) is 9.97 Å². The fourth-order valence-corrected chi connectivity index (χ4v) is 1.55. The van der Waals surface area contributed by atoms with Crippen LogP contribution in [0.5, 0.6) is 0 Å². The molecule has 0 aliphatic rings. The standard InChI is InChI=1S/C10H17ClN4O/c1-4-15(5-10(2,3)16)9-7(12)8(11)13-6-14-9/h6,16H,4-5,12H2,1-3H3. The molecule has 1 aromatic heterocycles. The van der Waals surface area contributed by atoms with Crippen LogP contribution in [-0.2, 0) is 0 Å². The molecule has 1 heterocycles. The van der Waals surface area contributed by atoms with Crippen LogP contribution in [0.15, 0.2) is 6.33 Å². The first-order valence-corrected chi connectivity index (χ1v) is 5.46. The van der Waals surface area contributed by atoms with Crippen LogP contribution in [0.4, 0.5) is 11.5 Å². The molecule has 0 atom stereocenters. The zero-order chi connectivity index (χ0) is 12.3. The van der Waals surface area contributed by atoms with E-state index in [0.717, 1.165) is 0 Å². The maximum atomic E-state index is 9.78. The zero-order valence-corrected chi connectivity index (χ0v) is 10.5. The van der Waals surface area contributed by atoms with Gasteiger partial charge in [0.05, 0.1) is 5.60 Å². The Morgan fingerprint density at radius 2 is 2.12 bits per heavy atom. The van der Waals surface area contributed by atoms with Crippen LogP contribution >= 0.6 is 11.6 Å². The highest BCUT2D eigenvalue weighted by Crippen LogP contribution is 2.26. The van der Waals surface area contributed by atoms with Gasteiger partial charge in [-0.1, -0.05) is 11.6 Å². The summed E-state index contributed by atoms with van der Waals surface area (Å²) in [6.07, 6.45) is 1.36. The Labute approximate surface area is 100 Å². The summed E-state index contributed by atoms with van der Waals surface area (Å²) in [5.74, 6) is 0.560. The number of nitrogens with two attached hydrogens (primary N) is 1. The molecule has 90 valence electrons.